The molecule has 0 radical (unpaired) electrons. The van der Waals surface area contributed by atoms with Gasteiger partial charge in [0.15, 0.2) is 11.6 Å². The molecule has 1 unspecified atom stereocenters. The third-order valence-corrected chi connectivity index (χ3v) is 3.77. The SMILES string of the molecule is CCNC(c1cccc(I)c1)c1ccc(OC)c(F)c1. The van der Waals surface area contributed by atoms with Crippen LogP contribution in [0.25, 0.3) is 0 Å². The Morgan fingerprint density at radius 2 is 1.95 bits per heavy atom. The molecule has 2 aromatic carbocycles. The summed E-state index contributed by atoms with van der Waals surface area (Å²) in [4.78, 5) is 0. The van der Waals surface area contributed by atoms with Crippen LogP contribution in [0.1, 0.15) is 24.1 Å². The molecule has 0 saturated heterocycles. The van der Waals surface area contributed by atoms with Crippen LogP contribution in [0.15, 0.2) is 42.5 Å². The molecule has 0 bridgehead atoms. The highest BCUT2D eigenvalue weighted by atomic mass is 127. The lowest BCUT2D eigenvalue weighted by Crippen LogP contribution is -2.22. The number of hydrogen-bond donors (Lipinski definition) is 1. The fraction of sp³-hybridized carbons (Fsp3) is 0.250. The molecule has 1 atom stereocenters. The Morgan fingerprint density at radius 1 is 1.20 bits per heavy atom. The van der Waals surface area contributed by atoms with E-state index in [2.05, 4.69) is 40.0 Å². The Bertz CT molecular complexity index is 588. The van der Waals surface area contributed by atoms with E-state index in [4.69, 9.17) is 4.74 Å². The van der Waals surface area contributed by atoms with Crippen LogP contribution in [0.5, 0.6) is 5.75 Å². The van der Waals surface area contributed by atoms with Gasteiger partial charge in [0.2, 0.25) is 0 Å². The first-order chi connectivity index (χ1) is 9.65. The van der Waals surface area contributed by atoms with E-state index in [9.17, 15) is 4.39 Å². The van der Waals surface area contributed by atoms with Gasteiger partial charge in [-0.1, -0.05) is 25.1 Å². The predicted molar refractivity (Wildman–Crippen MR) is 87.6 cm³/mol. The van der Waals surface area contributed by atoms with Gasteiger partial charge in [0.05, 0.1) is 13.2 Å². The van der Waals surface area contributed by atoms with E-state index in [1.807, 2.05) is 25.1 Å². The van der Waals surface area contributed by atoms with Gasteiger partial charge in [-0.25, -0.2) is 4.39 Å². The molecule has 2 aromatic rings. The van der Waals surface area contributed by atoms with E-state index in [1.165, 1.54) is 13.2 Å². The van der Waals surface area contributed by atoms with E-state index in [-0.39, 0.29) is 17.6 Å². The second-order valence-corrected chi connectivity index (χ2v) is 5.69. The number of nitrogens with one attached hydrogen (secondary N) is 1. The second kappa shape index (κ2) is 7.04. The Morgan fingerprint density at radius 3 is 2.55 bits per heavy atom. The van der Waals surface area contributed by atoms with Crippen molar-refractivity contribution >= 4 is 22.6 Å². The van der Waals surface area contributed by atoms with Crippen LogP contribution in [0.3, 0.4) is 0 Å². The lowest BCUT2D eigenvalue weighted by atomic mass is 9.98. The zero-order chi connectivity index (χ0) is 14.5. The van der Waals surface area contributed by atoms with E-state index in [1.54, 1.807) is 6.07 Å². The van der Waals surface area contributed by atoms with Crippen LogP contribution in [-0.2, 0) is 0 Å². The summed E-state index contributed by atoms with van der Waals surface area (Å²) in [5, 5.41) is 3.40. The highest BCUT2D eigenvalue weighted by Crippen LogP contribution is 2.27. The van der Waals surface area contributed by atoms with Gasteiger partial charge in [-0.3, -0.25) is 0 Å². The highest BCUT2D eigenvalue weighted by molar-refractivity contribution is 14.1. The van der Waals surface area contributed by atoms with Crippen LogP contribution < -0.4 is 10.1 Å². The summed E-state index contributed by atoms with van der Waals surface area (Å²) in [6.45, 7) is 2.85. The summed E-state index contributed by atoms with van der Waals surface area (Å²) in [6.07, 6.45) is 0. The van der Waals surface area contributed by atoms with E-state index in [0.717, 1.165) is 21.2 Å². The lowest BCUT2D eigenvalue weighted by molar-refractivity contribution is 0.385. The fourth-order valence-electron chi connectivity index (χ4n) is 2.18. The monoisotopic (exact) mass is 385 g/mol. The summed E-state index contributed by atoms with van der Waals surface area (Å²) < 4.78 is 20.0. The van der Waals surface area contributed by atoms with Crippen molar-refractivity contribution in [1.29, 1.82) is 0 Å². The smallest absolute Gasteiger partial charge is 0.165 e. The molecule has 0 aliphatic rings. The number of rotatable bonds is 5. The molecular weight excluding hydrogens is 368 g/mol. The normalized spacial score (nSPS) is 12.2. The van der Waals surface area contributed by atoms with Crippen LogP contribution >= 0.6 is 22.6 Å². The largest absolute Gasteiger partial charge is 0.494 e. The minimum atomic E-state index is -0.335. The molecule has 0 saturated carbocycles. The summed E-state index contributed by atoms with van der Waals surface area (Å²) in [7, 11) is 1.47. The average Bonchev–Trinajstić information content (AvgIpc) is 2.44. The van der Waals surface area contributed by atoms with Gasteiger partial charge in [0.25, 0.3) is 0 Å². The van der Waals surface area contributed by atoms with Gasteiger partial charge in [0, 0.05) is 3.57 Å². The molecule has 0 aromatic heterocycles. The first kappa shape index (κ1) is 15.3. The Labute approximate surface area is 132 Å². The van der Waals surface area contributed by atoms with Crippen molar-refractivity contribution in [2.75, 3.05) is 13.7 Å². The van der Waals surface area contributed by atoms with Crippen molar-refractivity contribution in [3.8, 4) is 5.75 Å². The van der Waals surface area contributed by atoms with E-state index < -0.39 is 0 Å². The summed E-state index contributed by atoms with van der Waals surface area (Å²) in [5.74, 6) is -0.0647. The van der Waals surface area contributed by atoms with Crippen LogP contribution in [0.2, 0.25) is 0 Å². The molecule has 0 fully saturated rings. The molecule has 0 aliphatic carbocycles. The number of ether oxygens (including phenoxy) is 1. The van der Waals surface area contributed by atoms with E-state index in [0.29, 0.717) is 0 Å². The molecule has 4 heteroatoms. The number of hydrogen-bond acceptors (Lipinski definition) is 2. The molecule has 0 amide bonds. The Balaban J connectivity index is 2.40. The molecule has 0 spiro atoms. The van der Waals surface area contributed by atoms with Gasteiger partial charge in [-0.2, -0.15) is 0 Å². The van der Waals surface area contributed by atoms with Crippen molar-refractivity contribution in [2.45, 2.75) is 13.0 Å². The van der Waals surface area contributed by atoms with Gasteiger partial charge < -0.3 is 10.1 Å². The van der Waals surface area contributed by atoms with Gasteiger partial charge in [-0.15, -0.1) is 0 Å². The Hall–Kier alpha value is -1.14. The first-order valence-electron chi connectivity index (χ1n) is 6.48. The summed E-state index contributed by atoms with van der Waals surface area (Å²) in [6, 6.07) is 13.3. The summed E-state index contributed by atoms with van der Waals surface area (Å²) in [5.41, 5.74) is 2.02. The highest BCUT2D eigenvalue weighted by Gasteiger charge is 2.15. The first-order valence-corrected chi connectivity index (χ1v) is 7.56. The van der Waals surface area contributed by atoms with Gasteiger partial charge in [0.1, 0.15) is 0 Å². The molecule has 2 rings (SSSR count). The van der Waals surface area contributed by atoms with Crippen LogP contribution in [-0.4, -0.2) is 13.7 Å². The van der Waals surface area contributed by atoms with Crippen LogP contribution in [0.4, 0.5) is 4.39 Å². The third kappa shape index (κ3) is 3.49. The maximum atomic E-state index is 13.9. The molecular formula is C16H17FINO. The predicted octanol–water partition coefficient (Wildman–Crippen LogP) is 4.14. The van der Waals surface area contributed by atoms with Crippen LogP contribution in [0, 0.1) is 9.39 Å². The number of benzene rings is 2. The average molecular weight is 385 g/mol. The zero-order valence-electron chi connectivity index (χ0n) is 11.5. The summed E-state index contributed by atoms with van der Waals surface area (Å²) >= 11 is 2.28. The maximum absolute atomic E-state index is 13.9. The number of methoxy groups -OCH3 is 1. The third-order valence-electron chi connectivity index (χ3n) is 3.10. The van der Waals surface area contributed by atoms with Gasteiger partial charge in [-0.05, 0) is 64.5 Å². The maximum Gasteiger partial charge on any atom is 0.165 e. The van der Waals surface area contributed by atoms with Crippen molar-refractivity contribution in [3.05, 3.63) is 63.0 Å². The molecule has 1 N–H and O–H groups in total. The van der Waals surface area contributed by atoms with Crippen molar-refractivity contribution in [3.63, 3.8) is 0 Å². The molecule has 2 nitrogen and oxygen atoms in total. The zero-order valence-corrected chi connectivity index (χ0v) is 13.6. The van der Waals surface area contributed by atoms with Crippen molar-refractivity contribution in [1.82, 2.24) is 5.32 Å². The second-order valence-electron chi connectivity index (χ2n) is 4.44. The standard InChI is InChI=1S/C16H17FINO/c1-3-19-16(11-5-4-6-13(18)9-11)12-7-8-15(20-2)14(17)10-12/h4-10,16,19H,3H2,1-2H3. The minimum Gasteiger partial charge on any atom is -0.494 e. The molecule has 20 heavy (non-hydrogen) atoms. The molecule has 0 heterocycles. The molecule has 106 valence electrons. The van der Waals surface area contributed by atoms with Crippen molar-refractivity contribution in [2.24, 2.45) is 0 Å². The van der Waals surface area contributed by atoms with Crippen molar-refractivity contribution < 1.29 is 9.13 Å². The number of halogens is 2. The lowest BCUT2D eigenvalue weighted by Gasteiger charge is -2.20. The van der Waals surface area contributed by atoms with E-state index >= 15 is 0 Å². The quantitative estimate of drug-likeness (QED) is 0.782. The Kier molecular flexibility index (Phi) is 5.37. The fourth-order valence-corrected chi connectivity index (χ4v) is 2.75. The van der Waals surface area contributed by atoms with Gasteiger partial charge >= 0.3 is 0 Å². The topological polar surface area (TPSA) is 21.3 Å². The minimum absolute atomic E-state index is 0.0184. The molecule has 0 aliphatic heterocycles.